The Bertz CT molecular complexity index is 688. The molecule has 0 unspecified atom stereocenters. The maximum Gasteiger partial charge on any atom is 0.232 e. The predicted molar refractivity (Wildman–Crippen MR) is 81.6 cm³/mol. The SMILES string of the molecule is CCCS(=O)(=O)Nc1cc(NC(=O)[C@H]2CCOC2)c(F)cc1F. The number of nitrogens with one attached hydrogen (secondary N) is 2. The third kappa shape index (κ3) is 4.61. The quantitative estimate of drug-likeness (QED) is 0.824. The van der Waals surface area contributed by atoms with Crippen molar-refractivity contribution in [3.05, 3.63) is 23.8 Å². The van der Waals surface area contributed by atoms with E-state index < -0.39 is 39.2 Å². The van der Waals surface area contributed by atoms with Gasteiger partial charge in [0, 0.05) is 12.7 Å². The molecule has 9 heteroatoms. The minimum Gasteiger partial charge on any atom is -0.381 e. The van der Waals surface area contributed by atoms with E-state index in [2.05, 4.69) is 10.0 Å². The Labute approximate surface area is 133 Å². The first kappa shape index (κ1) is 17.6. The van der Waals surface area contributed by atoms with Gasteiger partial charge in [0.25, 0.3) is 0 Å². The predicted octanol–water partition coefficient (Wildman–Crippen LogP) is 2.09. The Morgan fingerprint density at radius 1 is 1.30 bits per heavy atom. The lowest BCUT2D eigenvalue weighted by molar-refractivity contribution is -0.119. The molecule has 1 heterocycles. The van der Waals surface area contributed by atoms with Gasteiger partial charge in [0.1, 0.15) is 11.6 Å². The van der Waals surface area contributed by atoms with Gasteiger partial charge < -0.3 is 10.1 Å². The van der Waals surface area contributed by atoms with Crippen molar-refractivity contribution in [3.63, 3.8) is 0 Å². The zero-order valence-electron chi connectivity index (χ0n) is 12.6. The molecule has 1 saturated heterocycles. The largest absolute Gasteiger partial charge is 0.381 e. The zero-order chi connectivity index (χ0) is 17.0. The molecule has 1 fully saturated rings. The van der Waals surface area contributed by atoms with E-state index in [-0.39, 0.29) is 18.0 Å². The third-order valence-corrected chi connectivity index (χ3v) is 4.83. The van der Waals surface area contributed by atoms with Gasteiger partial charge in [-0.25, -0.2) is 17.2 Å². The molecule has 128 valence electrons. The Hall–Kier alpha value is -1.74. The number of ether oxygens (including phenoxy) is 1. The molecule has 6 nitrogen and oxygen atoms in total. The van der Waals surface area contributed by atoms with E-state index in [1.807, 2.05) is 0 Å². The van der Waals surface area contributed by atoms with Crippen LogP contribution in [0.1, 0.15) is 19.8 Å². The van der Waals surface area contributed by atoms with Crippen molar-refractivity contribution in [2.24, 2.45) is 5.92 Å². The molecule has 0 bridgehead atoms. The zero-order valence-corrected chi connectivity index (χ0v) is 13.4. The van der Waals surface area contributed by atoms with E-state index in [9.17, 15) is 22.0 Å². The molecule has 0 radical (unpaired) electrons. The standard InChI is InChI=1S/C14H18F2N2O4S/c1-2-5-23(20,21)18-13-7-12(10(15)6-11(13)16)17-14(19)9-3-4-22-8-9/h6-7,9,18H,2-5,8H2,1H3,(H,17,19)/t9-/m0/s1. The maximum absolute atomic E-state index is 13.8. The highest BCUT2D eigenvalue weighted by atomic mass is 32.2. The summed E-state index contributed by atoms with van der Waals surface area (Å²) in [4.78, 5) is 12.0. The summed E-state index contributed by atoms with van der Waals surface area (Å²) in [5, 5.41) is 2.34. The van der Waals surface area contributed by atoms with Crippen molar-refractivity contribution in [2.75, 3.05) is 29.0 Å². The molecule has 0 saturated carbocycles. The first-order valence-electron chi connectivity index (χ1n) is 7.20. The number of carbonyl (C=O) groups excluding carboxylic acids is 1. The molecule has 1 aromatic rings. The number of rotatable bonds is 6. The molecule has 1 aliphatic heterocycles. The average molecular weight is 348 g/mol. The molecule has 0 aliphatic carbocycles. The Kier molecular flexibility index (Phi) is 5.53. The van der Waals surface area contributed by atoms with Crippen molar-refractivity contribution in [1.82, 2.24) is 0 Å². The van der Waals surface area contributed by atoms with Crippen LogP contribution in [-0.4, -0.2) is 33.3 Å². The van der Waals surface area contributed by atoms with Crippen LogP contribution in [0, 0.1) is 17.6 Å². The average Bonchev–Trinajstić information content (AvgIpc) is 2.97. The van der Waals surface area contributed by atoms with Gasteiger partial charge in [0.15, 0.2) is 0 Å². The number of amides is 1. The number of carbonyl (C=O) groups is 1. The second-order valence-corrected chi connectivity index (χ2v) is 7.12. The first-order valence-corrected chi connectivity index (χ1v) is 8.85. The lowest BCUT2D eigenvalue weighted by Gasteiger charge is -2.13. The summed E-state index contributed by atoms with van der Waals surface area (Å²) in [6.45, 7) is 2.35. The fraction of sp³-hybridized carbons (Fsp3) is 0.500. The first-order chi connectivity index (χ1) is 10.8. The molecular weight excluding hydrogens is 330 g/mol. The molecule has 0 aromatic heterocycles. The van der Waals surface area contributed by atoms with E-state index in [4.69, 9.17) is 4.74 Å². The van der Waals surface area contributed by atoms with Crippen LogP contribution in [-0.2, 0) is 19.6 Å². The summed E-state index contributed by atoms with van der Waals surface area (Å²) in [7, 11) is -3.73. The van der Waals surface area contributed by atoms with Gasteiger partial charge in [-0.05, 0) is 18.9 Å². The minimum absolute atomic E-state index is 0.190. The molecule has 1 amide bonds. The summed E-state index contributed by atoms with van der Waals surface area (Å²) in [6.07, 6.45) is 0.869. The van der Waals surface area contributed by atoms with Crippen molar-refractivity contribution in [3.8, 4) is 0 Å². The van der Waals surface area contributed by atoms with Crippen LogP contribution < -0.4 is 10.0 Å². The van der Waals surface area contributed by atoms with Crippen molar-refractivity contribution in [2.45, 2.75) is 19.8 Å². The molecule has 1 aliphatic rings. The molecule has 0 spiro atoms. The van der Waals surface area contributed by atoms with Crippen molar-refractivity contribution < 1.29 is 26.7 Å². The number of hydrogen-bond donors (Lipinski definition) is 2. The molecule has 1 atom stereocenters. The fourth-order valence-electron chi connectivity index (χ4n) is 2.19. The summed E-state index contributed by atoms with van der Waals surface area (Å²) in [5.41, 5.74) is -0.685. The smallest absolute Gasteiger partial charge is 0.232 e. The van der Waals surface area contributed by atoms with E-state index in [0.29, 0.717) is 25.5 Å². The van der Waals surface area contributed by atoms with Gasteiger partial charge in [-0.3, -0.25) is 9.52 Å². The van der Waals surface area contributed by atoms with Gasteiger partial charge in [-0.1, -0.05) is 6.92 Å². The molecule has 2 N–H and O–H groups in total. The lowest BCUT2D eigenvalue weighted by atomic mass is 10.1. The van der Waals surface area contributed by atoms with Crippen LogP contribution in [0.2, 0.25) is 0 Å². The van der Waals surface area contributed by atoms with Gasteiger partial charge in [0.2, 0.25) is 15.9 Å². The van der Waals surface area contributed by atoms with Crippen LogP contribution in [0.5, 0.6) is 0 Å². The van der Waals surface area contributed by atoms with Crippen LogP contribution in [0.15, 0.2) is 12.1 Å². The number of benzene rings is 1. The van der Waals surface area contributed by atoms with E-state index >= 15 is 0 Å². The topological polar surface area (TPSA) is 84.5 Å². The second kappa shape index (κ2) is 7.22. The third-order valence-electron chi connectivity index (χ3n) is 3.35. The van der Waals surface area contributed by atoms with E-state index in [1.165, 1.54) is 0 Å². The summed E-state index contributed by atoms with van der Waals surface area (Å²) in [6, 6.07) is 1.47. The van der Waals surface area contributed by atoms with Crippen molar-refractivity contribution >= 4 is 27.3 Å². The van der Waals surface area contributed by atoms with Gasteiger partial charge in [-0.2, -0.15) is 0 Å². The van der Waals surface area contributed by atoms with Crippen LogP contribution in [0.4, 0.5) is 20.2 Å². The number of hydrogen-bond acceptors (Lipinski definition) is 4. The Morgan fingerprint density at radius 2 is 2.00 bits per heavy atom. The highest BCUT2D eigenvalue weighted by Gasteiger charge is 2.25. The highest BCUT2D eigenvalue weighted by molar-refractivity contribution is 7.92. The summed E-state index contributed by atoms with van der Waals surface area (Å²) in [5.74, 6) is -3.07. The number of anilines is 2. The summed E-state index contributed by atoms with van der Waals surface area (Å²) < 4.78 is 58.1. The second-order valence-electron chi connectivity index (χ2n) is 5.28. The minimum atomic E-state index is -3.73. The van der Waals surface area contributed by atoms with Crippen LogP contribution >= 0.6 is 0 Å². The van der Waals surface area contributed by atoms with Gasteiger partial charge >= 0.3 is 0 Å². The molecule has 2 rings (SSSR count). The summed E-state index contributed by atoms with van der Waals surface area (Å²) >= 11 is 0. The van der Waals surface area contributed by atoms with E-state index in [1.54, 1.807) is 6.92 Å². The van der Waals surface area contributed by atoms with Crippen LogP contribution in [0.25, 0.3) is 0 Å². The Morgan fingerprint density at radius 3 is 2.61 bits per heavy atom. The van der Waals surface area contributed by atoms with Gasteiger partial charge in [0.05, 0.1) is 29.7 Å². The monoisotopic (exact) mass is 348 g/mol. The number of sulfonamides is 1. The van der Waals surface area contributed by atoms with E-state index in [0.717, 1.165) is 6.07 Å². The maximum atomic E-state index is 13.8. The van der Waals surface area contributed by atoms with Gasteiger partial charge in [-0.15, -0.1) is 0 Å². The van der Waals surface area contributed by atoms with Crippen LogP contribution in [0.3, 0.4) is 0 Å². The van der Waals surface area contributed by atoms with Crippen molar-refractivity contribution in [1.29, 1.82) is 0 Å². The Balaban J connectivity index is 2.20. The molecule has 23 heavy (non-hydrogen) atoms. The highest BCUT2D eigenvalue weighted by Crippen LogP contribution is 2.25. The molecule has 1 aromatic carbocycles. The lowest BCUT2D eigenvalue weighted by Crippen LogP contribution is -2.24. The normalized spacial score (nSPS) is 18.0. The molecular formula is C14H18F2N2O4S. The number of halogens is 2. The fourth-order valence-corrected chi connectivity index (χ4v) is 3.32.